The number of nitrogens with zero attached hydrogens (tertiary/aromatic N) is 5. The Morgan fingerprint density at radius 1 is 0.721 bits per heavy atom. The molecule has 4 atom stereocenters. The summed E-state index contributed by atoms with van der Waals surface area (Å²) in [6, 6.07) is 24.5. The van der Waals surface area contributed by atoms with Gasteiger partial charge in [0, 0.05) is 36.1 Å². The van der Waals surface area contributed by atoms with E-state index in [2.05, 4.69) is 10.8 Å². The Kier molecular flexibility index (Phi) is 12.4. The van der Waals surface area contributed by atoms with Gasteiger partial charge in [-0.05, 0) is 66.8 Å². The molecule has 4 N–H and O–H groups in total. The molecule has 5 amide bonds. The molecule has 0 fully saturated rings. The molecule has 350 valence electrons. The maximum Gasteiger partial charge on any atom is 0.438 e. The maximum atomic E-state index is 14.5. The van der Waals surface area contributed by atoms with E-state index in [4.69, 9.17) is 39.5 Å². The van der Waals surface area contributed by atoms with E-state index in [0.29, 0.717) is 52.7 Å². The molecular weight excluding hydrogens is 873 g/mol. The van der Waals surface area contributed by atoms with Gasteiger partial charge < -0.3 is 39.7 Å². The van der Waals surface area contributed by atoms with Crippen LogP contribution >= 0.6 is 0 Å². The molecule has 0 radical (unpaired) electrons. The highest BCUT2D eigenvalue weighted by molar-refractivity contribution is 6.15. The van der Waals surface area contributed by atoms with Crippen molar-refractivity contribution in [3.8, 4) is 23.0 Å². The van der Waals surface area contributed by atoms with Gasteiger partial charge in [0.15, 0.2) is 23.0 Å². The normalized spacial score (nSPS) is 17.3. The number of aromatic nitrogens is 1. The van der Waals surface area contributed by atoms with Crippen LogP contribution in [0.2, 0.25) is 0 Å². The summed E-state index contributed by atoms with van der Waals surface area (Å²) in [5.74, 6) is -0.890. The average Bonchev–Trinajstić information content (AvgIpc) is 3.84. The number of pyridine rings is 1. The molecule has 18 heteroatoms. The van der Waals surface area contributed by atoms with E-state index in [1.165, 1.54) is 38.2 Å². The summed E-state index contributed by atoms with van der Waals surface area (Å²) < 4.78 is 24.0. The smallest absolute Gasteiger partial charge is 0.438 e. The molecular formula is C50H50N8O10. The Labute approximate surface area is 391 Å². The average molecular weight is 923 g/mol. The largest absolute Gasteiger partial charge is 0.493 e. The van der Waals surface area contributed by atoms with E-state index in [1.54, 1.807) is 54.1 Å². The lowest BCUT2D eigenvalue weighted by Gasteiger charge is -2.26. The minimum atomic E-state index is -1.09. The fraction of sp³-hybridized carbons (Fsp3) is 0.300. The Balaban J connectivity index is 0.926. The van der Waals surface area contributed by atoms with Crippen LogP contribution in [0.4, 0.5) is 27.5 Å². The molecule has 9 rings (SSSR count). The predicted molar refractivity (Wildman–Crippen MR) is 251 cm³/mol. The third-order valence-electron chi connectivity index (χ3n) is 12.5. The summed E-state index contributed by atoms with van der Waals surface area (Å²) in [7, 11) is 2.95. The van der Waals surface area contributed by atoms with Crippen molar-refractivity contribution in [2.24, 2.45) is 16.6 Å². The Morgan fingerprint density at radius 2 is 1.32 bits per heavy atom. The van der Waals surface area contributed by atoms with Crippen molar-refractivity contribution in [1.82, 2.24) is 15.8 Å². The van der Waals surface area contributed by atoms with Crippen molar-refractivity contribution >= 4 is 58.7 Å². The van der Waals surface area contributed by atoms with Gasteiger partial charge in [-0.25, -0.2) is 4.79 Å². The van der Waals surface area contributed by atoms with Gasteiger partial charge in [0.25, 0.3) is 17.7 Å². The summed E-state index contributed by atoms with van der Waals surface area (Å²) in [5, 5.41) is 2.53. The fourth-order valence-electron chi connectivity index (χ4n) is 8.81. The van der Waals surface area contributed by atoms with Crippen molar-refractivity contribution in [1.29, 1.82) is 0 Å². The van der Waals surface area contributed by atoms with Crippen LogP contribution in [0.1, 0.15) is 64.0 Å². The summed E-state index contributed by atoms with van der Waals surface area (Å²) in [4.78, 5) is 87.4. The molecule has 68 heavy (non-hydrogen) atoms. The molecule has 4 aliphatic heterocycles. The lowest BCUT2D eigenvalue weighted by molar-refractivity contribution is -0.134. The van der Waals surface area contributed by atoms with Gasteiger partial charge >= 0.3 is 6.09 Å². The first-order chi connectivity index (χ1) is 32.8. The number of hydrogen-bond donors (Lipinski definition) is 3. The summed E-state index contributed by atoms with van der Waals surface area (Å²) >= 11 is 0. The molecule has 0 saturated heterocycles. The van der Waals surface area contributed by atoms with Gasteiger partial charge in [-0.3, -0.25) is 39.0 Å². The number of carbonyl (C=O) groups is 5. The van der Waals surface area contributed by atoms with Crippen LogP contribution in [-0.4, -0.2) is 85.9 Å². The first kappa shape index (κ1) is 45.2. The molecule has 5 aromatic rings. The second kappa shape index (κ2) is 18.7. The molecule has 0 aliphatic carbocycles. The SMILES string of the molecule is COc1cc2c(cc1OCc1cccc(COc3cc4c(cc3OC)C(=O)N3c5ccccc5C[C@H]3CN4C(=O)ONC(=O)[C@H](C)NC(=O)C(N)C(C)C)n1)N=C[C@@H]1Cc3ccccc3N1C2=O. The van der Waals surface area contributed by atoms with Crippen LogP contribution in [0.25, 0.3) is 0 Å². The van der Waals surface area contributed by atoms with E-state index in [1.807, 2.05) is 54.6 Å². The molecule has 0 spiro atoms. The topological polar surface area (TPSA) is 217 Å². The van der Waals surface area contributed by atoms with Crippen molar-refractivity contribution in [2.45, 2.75) is 71.0 Å². The molecule has 0 saturated carbocycles. The third-order valence-corrected chi connectivity index (χ3v) is 12.5. The number of para-hydroxylation sites is 2. The highest BCUT2D eigenvalue weighted by Crippen LogP contribution is 2.44. The predicted octanol–water partition coefficient (Wildman–Crippen LogP) is 5.59. The number of rotatable bonds is 12. The highest BCUT2D eigenvalue weighted by atomic mass is 16.7. The van der Waals surface area contributed by atoms with Crippen molar-refractivity contribution < 1.29 is 47.8 Å². The number of methoxy groups -OCH3 is 2. The second-order valence-corrected chi connectivity index (χ2v) is 17.2. The Morgan fingerprint density at radius 3 is 1.99 bits per heavy atom. The van der Waals surface area contributed by atoms with Crippen molar-refractivity contribution in [2.75, 3.05) is 35.5 Å². The number of ether oxygens (including phenoxy) is 4. The summed E-state index contributed by atoms with van der Waals surface area (Å²) in [5.41, 5.74) is 13.9. The maximum absolute atomic E-state index is 14.5. The van der Waals surface area contributed by atoms with Crippen LogP contribution in [0.5, 0.6) is 23.0 Å². The van der Waals surface area contributed by atoms with Gasteiger partial charge in [-0.2, -0.15) is 5.48 Å². The quantitative estimate of drug-likeness (QED) is 0.131. The standard InChI is InChI=1S/C50H50N8O10/c1-27(2)45(51)47(60)53-28(3)46(59)55-68-50(63)56-24-34-18-30-12-7-9-16-39(30)58(34)49(62)36-20-42(65-5)44(22-40(36)56)67-26-32-14-10-13-31(54-32)25-66-43-21-37-35(19-41(43)64-4)48(61)57-33(23-52-37)17-29-11-6-8-15-38(29)57/h6-16,19-23,27-28,33-34,45H,17-18,24-26,51H2,1-5H3,(H,53,60)(H,55,59)/t28-,33-,34-,45?/m0/s1. The lowest BCUT2D eigenvalue weighted by atomic mass is 10.0. The molecule has 0 bridgehead atoms. The number of fused-ring (bicyclic) bond motifs is 8. The molecule has 1 aromatic heterocycles. The molecule has 4 aromatic carbocycles. The number of amides is 5. The zero-order chi connectivity index (χ0) is 47.8. The highest BCUT2D eigenvalue weighted by Gasteiger charge is 2.43. The van der Waals surface area contributed by atoms with E-state index in [0.717, 1.165) is 16.8 Å². The Hall–Kier alpha value is -7.99. The van der Waals surface area contributed by atoms with E-state index in [-0.39, 0.29) is 66.3 Å². The monoisotopic (exact) mass is 922 g/mol. The number of nitrogens with one attached hydrogen (secondary N) is 2. The number of anilines is 3. The molecule has 5 heterocycles. The van der Waals surface area contributed by atoms with Crippen molar-refractivity contribution in [3.63, 3.8) is 0 Å². The van der Waals surface area contributed by atoms with Gasteiger partial charge in [0.1, 0.15) is 19.3 Å². The van der Waals surface area contributed by atoms with Crippen LogP contribution in [0.15, 0.2) is 96.0 Å². The number of benzene rings is 4. The number of carbonyl (C=O) groups excluding carboxylic acids is 5. The zero-order valence-electron chi connectivity index (χ0n) is 38.1. The van der Waals surface area contributed by atoms with Gasteiger partial charge in [0.05, 0.1) is 72.8 Å². The molecule has 1 unspecified atom stereocenters. The van der Waals surface area contributed by atoms with E-state index in [9.17, 15) is 24.0 Å². The van der Waals surface area contributed by atoms with E-state index < -0.39 is 36.0 Å². The van der Waals surface area contributed by atoms with Crippen LogP contribution in [0, 0.1) is 5.92 Å². The Bertz CT molecular complexity index is 2870. The minimum absolute atomic E-state index is 0.00181. The van der Waals surface area contributed by atoms with Gasteiger partial charge in [0.2, 0.25) is 5.91 Å². The zero-order valence-corrected chi connectivity index (χ0v) is 38.1. The third kappa shape index (κ3) is 8.61. The van der Waals surface area contributed by atoms with Gasteiger partial charge in [-0.15, -0.1) is 0 Å². The number of nitrogens with two attached hydrogens (primary N) is 1. The molecule has 18 nitrogen and oxygen atoms in total. The van der Waals surface area contributed by atoms with Crippen LogP contribution < -0.4 is 50.2 Å². The first-order valence-electron chi connectivity index (χ1n) is 22.2. The van der Waals surface area contributed by atoms with Crippen molar-refractivity contribution in [3.05, 3.63) is 125 Å². The summed E-state index contributed by atoms with van der Waals surface area (Å²) in [6.07, 6.45) is 1.94. The number of hydrogen-bond acceptors (Lipinski definition) is 13. The van der Waals surface area contributed by atoms with Crippen LogP contribution in [-0.2, 0) is 40.5 Å². The lowest BCUT2D eigenvalue weighted by Crippen LogP contribution is -2.52. The second-order valence-electron chi connectivity index (χ2n) is 17.2. The summed E-state index contributed by atoms with van der Waals surface area (Å²) in [6.45, 7) is 4.98. The van der Waals surface area contributed by atoms with E-state index >= 15 is 0 Å². The minimum Gasteiger partial charge on any atom is -0.493 e. The number of aliphatic imine (C=N–C) groups is 1. The molecule has 4 aliphatic rings. The van der Waals surface area contributed by atoms with Crippen LogP contribution in [0.3, 0.4) is 0 Å². The fourth-order valence-corrected chi connectivity index (χ4v) is 8.81. The van der Waals surface area contributed by atoms with Gasteiger partial charge in [-0.1, -0.05) is 56.3 Å². The number of hydroxylamine groups is 1. The first-order valence-corrected chi connectivity index (χ1v) is 22.2.